The standard InChI is InChI=1S/C11H7ClF5N3S/c12-7-3-6(11(15,16)17)4-19-9(7)21-5-8-18-1-2-20(8)10(13)14/h1-4,10H,5H2. The Morgan fingerprint density at radius 2 is 2.00 bits per heavy atom. The molecule has 10 heteroatoms. The second kappa shape index (κ2) is 6.18. The van der Waals surface area contributed by atoms with Crippen LogP contribution >= 0.6 is 23.4 Å². The fourth-order valence-electron chi connectivity index (χ4n) is 1.45. The summed E-state index contributed by atoms with van der Waals surface area (Å²) in [4.78, 5) is 7.36. The summed E-state index contributed by atoms with van der Waals surface area (Å²) >= 11 is 6.65. The average Bonchev–Trinajstić information content (AvgIpc) is 2.84. The fourth-order valence-corrected chi connectivity index (χ4v) is 2.60. The van der Waals surface area contributed by atoms with Crippen LogP contribution in [0.5, 0.6) is 0 Å². The zero-order valence-corrected chi connectivity index (χ0v) is 11.7. The fraction of sp³-hybridized carbons (Fsp3) is 0.273. The van der Waals surface area contributed by atoms with Gasteiger partial charge >= 0.3 is 12.7 Å². The second-order valence-electron chi connectivity index (χ2n) is 3.83. The topological polar surface area (TPSA) is 30.7 Å². The van der Waals surface area contributed by atoms with E-state index in [4.69, 9.17) is 11.6 Å². The highest BCUT2D eigenvalue weighted by molar-refractivity contribution is 7.98. The summed E-state index contributed by atoms with van der Waals surface area (Å²) in [6.07, 6.45) is -1.56. The minimum absolute atomic E-state index is 0.00935. The third-order valence-corrected chi connectivity index (χ3v) is 3.83. The Bertz CT molecular complexity index is 629. The predicted octanol–water partition coefficient (Wildman–Crippen LogP) is 4.64. The van der Waals surface area contributed by atoms with Gasteiger partial charge in [-0.05, 0) is 6.07 Å². The maximum absolute atomic E-state index is 12.6. The van der Waals surface area contributed by atoms with E-state index in [0.29, 0.717) is 10.8 Å². The summed E-state index contributed by atoms with van der Waals surface area (Å²) in [6.45, 7) is -2.74. The number of halogens is 6. The molecule has 0 aliphatic rings. The lowest BCUT2D eigenvalue weighted by molar-refractivity contribution is -0.137. The van der Waals surface area contributed by atoms with Gasteiger partial charge in [-0.1, -0.05) is 23.4 Å². The van der Waals surface area contributed by atoms with E-state index < -0.39 is 18.3 Å². The van der Waals surface area contributed by atoms with Crippen LogP contribution < -0.4 is 0 Å². The number of pyridine rings is 1. The Morgan fingerprint density at radius 1 is 1.29 bits per heavy atom. The van der Waals surface area contributed by atoms with E-state index in [9.17, 15) is 22.0 Å². The Hall–Kier alpha value is -1.35. The van der Waals surface area contributed by atoms with Crippen LogP contribution in [-0.2, 0) is 11.9 Å². The lowest BCUT2D eigenvalue weighted by Crippen LogP contribution is -2.06. The van der Waals surface area contributed by atoms with Crippen molar-refractivity contribution in [3.05, 3.63) is 41.1 Å². The van der Waals surface area contributed by atoms with Crippen LogP contribution in [0.4, 0.5) is 22.0 Å². The van der Waals surface area contributed by atoms with E-state index in [1.807, 2.05) is 0 Å². The first-order chi connectivity index (χ1) is 9.79. The first-order valence-corrected chi connectivity index (χ1v) is 6.81. The first kappa shape index (κ1) is 16.0. The van der Waals surface area contributed by atoms with Gasteiger partial charge in [0.15, 0.2) is 0 Å². The number of thioether (sulfide) groups is 1. The number of imidazole rings is 1. The number of hydrogen-bond acceptors (Lipinski definition) is 3. The lowest BCUT2D eigenvalue weighted by Gasteiger charge is -2.09. The summed E-state index contributed by atoms with van der Waals surface area (Å²) in [6, 6.07) is 0.747. The molecule has 2 heterocycles. The Morgan fingerprint density at radius 3 is 2.57 bits per heavy atom. The van der Waals surface area contributed by atoms with E-state index in [0.717, 1.165) is 24.0 Å². The molecule has 114 valence electrons. The van der Waals surface area contributed by atoms with Crippen molar-refractivity contribution in [2.45, 2.75) is 23.5 Å². The minimum Gasteiger partial charge on any atom is -0.277 e. The maximum Gasteiger partial charge on any atom is 0.417 e. The van der Waals surface area contributed by atoms with Crippen molar-refractivity contribution in [3.63, 3.8) is 0 Å². The zero-order chi connectivity index (χ0) is 15.6. The summed E-state index contributed by atoms with van der Waals surface area (Å²) < 4.78 is 63.2. The molecule has 2 aromatic heterocycles. The van der Waals surface area contributed by atoms with Crippen LogP contribution in [0.2, 0.25) is 5.02 Å². The third-order valence-electron chi connectivity index (χ3n) is 2.43. The Balaban J connectivity index is 2.12. The first-order valence-electron chi connectivity index (χ1n) is 5.44. The van der Waals surface area contributed by atoms with Gasteiger partial charge < -0.3 is 0 Å². The van der Waals surface area contributed by atoms with E-state index in [2.05, 4.69) is 9.97 Å². The highest BCUT2D eigenvalue weighted by atomic mass is 35.5. The molecule has 0 N–H and O–H groups in total. The normalized spacial score (nSPS) is 12.1. The van der Waals surface area contributed by atoms with Gasteiger partial charge in [-0.2, -0.15) is 22.0 Å². The minimum atomic E-state index is -4.54. The van der Waals surface area contributed by atoms with Crippen LogP contribution in [-0.4, -0.2) is 14.5 Å². The largest absolute Gasteiger partial charge is 0.417 e. The molecule has 0 unspecified atom stereocenters. The molecule has 0 bridgehead atoms. The van der Waals surface area contributed by atoms with Gasteiger partial charge in [0.05, 0.1) is 16.3 Å². The van der Waals surface area contributed by atoms with Gasteiger partial charge in [0.25, 0.3) is 0 Å². The second-order valence-corrected chi connectivity index (χ2v) is 5.20. The van der Waals surface area contributed by atoms with Crippen LogP contribution in [0.15, 0.2) is 29.7 Å². The van der Waals surface area contributed by atoms with Crippen molar-refractivity contribution in [3.8, 4) is 0 Å². The van der Waals surface area contributed by atoms with Gasteiger partial charge in [-0.15, -0.1) is 0 Å². The third kappa shape index (κ3) is 3.85. The number of rotatable bonds is 4. The highest BCUT2D eigenvalue weighted by Crippen LogP contribution is 2.34. The van der Waals surface area contributed by atoms with Crippen molar-refractivity contribution < 1.29 is 22.0 Å². The van der Waals surface area contributed by atoms with Gasteiger partial charge in [-0.3, -0.25) is 4.57 Å². The molecule has 0 amide bonds. The summed E-state index contributed by atoms with van der Waals surface area (Å²) in [5.74, 6) is 0.0860. The molecule has 0 aliphatic carbocycles. The molecule has 0 fully saturated rings. The quantitative estimate of drug-likeness (QED) is 0.598. The van der Waals surface area contributed by atoms with Crippen molar-refractivity contribution in [2.75, 3.05) is 0 Å². The molecular formula is C11H7ClF5N3S. The molecule has 0 aliphatic heterocycles. The van der Waals surface area contributed by atoms with Gasteiger partial charge in [0.2, 0.25) is 0 Å². The summed E-state index contributed by atoms with van der Waals surface area (Å²) in [5, 5.41) is -0.0709. The predicted molar refractivity (Wildman–Crippen MR) is 67.3 cm³/mol. The molecule has 2 aromatic rings. The van der Waals surface area contributed by atoms with Gasteiger partial charge in [-0.25, -0.2) is 9.97 Å². The van der Waals surface area contributed by atoms with Crippen molar-refractivity contribution in [2.24, 2.45) is 0 Å². The van der Waals surface area contributed by atoms with Crippen LogP contribution in [0, 0.1) is 0 Å². The smallest absolute Gasteiger partial charge is 0.277 e. The Labute approximate surface area is 125 Å². The van der Waals surface area contributed by atoms with Gasteiger partial charge in [0.1, 0.15) is 10.9 Å². The van der Waals surface area contributed by atoms with Crippen molar-refractivity contribution in [1.29, 1.82) is 0 Å². The summed E-state index contributed by atoms with van der Waals surface area (Å²) in [7, 11) is 0. The van der Waals surface area contributed by atoms with E-state index in [1.165, 1.54) is 6.20 Å². The molecule has 3 nitrogen and oxygen atoms in total. The van der Waals surface area contributed by atoms with Crippen LogP contribution in [0.3, 0.4) is 0 Å². The molecule has 21 heavy (non-hydrogen) atoms. The van der Waals surface area contributed by atoms with E-state index in [1.54, 1.807) is 0 Å². The average molecular weight is 344 g/mol. The zero-order valence-electron chi connectivity index (χ0n) is 10.1. The van der Waals surface area contributed by atoms with Crippen LogP contribution in [0.25, 0.3) is 0 Å². The monoisotopic (exact) mass is 343 g/mol. The molecule has 2 rings (SSSR count). The maximum atomic E-state index is 12.6. The Kier molecular flexibility index (Phi) is 4.72. The SMILES string of the molecule is FC(F)n1ccnc1CSc1ncc(C(F)(F)F)cc1Cl. The molecular weight excluding hydrogens is 337 g/mol. The molecule has 0 aromatic carbocycles. The number of alkyl halides is 5. The van der Waals surface area contributed by atoms with Gasteiger partial charge in [0, 0.05) is 18.6 Å². The lowest BCUT2D eigenvalue weighted by atomic mass is 10.3. The van der Waals surface area contributed by atoms with Crippen molar-refractivity contribution >= 4 is 23.4 Å². The summed E-state index contributed by atoms with van der Waals surface area (Å²) in [5.41, 5.74) is -0.967. The van der Waals surface area contributed by atoms with Crippen molar-refractivity contribution in [1.82, 2.24) is 14.5 Å². The molecule has 0 saturated carbocycles. The molecule has 0 saturated heterocycles. The number of hydrogen-bond donors (Lipinski definition) is 0. The number of nitrogens with zero attached hydrogens (tertiary/aromatic N) is 3. The highest BCUT2D eigenvalue weighted by Gasteiger charge is 2.31. The van der Waals surface area contributed by atoms with Crippen LogP contribution in [0.1, 0.15) is 17.9 Å². The molecule has 0 spiro atoms. The molecule has 0 atom stereocenters. The molecule has 0 radical (unpaired) electrons. The van der Waals surface area contributed by atoms with E-state index >= 15 is 0 Å². The number of aromatic nitrogens is 3. The van der Waals surface area contributed by atoms with E-state index in [-0.39, 0.29) is 21.6 Å².